The van der Waals surface area contributed by atoms with Gasteiger partial charge in [-0.15, -0.1) is 11.3 Å². The molecule has 8 heteroatoms. The number of aromatic nitrogens is 2. The van der Waals surface area contributed by atoms with Crippen molar-refractivity contribution >= 4 is 23.2 Å². The molecule has 1 saturated heterocycles. The van der Waals surface area contributed by atoms with E-state index in [4.69, 9.17) is 4.74 Å². The molecule has 2 aromatic heterocycles. The Morgan fingerprint density at radius 1 is 1.24 bits per heavy atom. The monoisotopic (exact) mass is 360 g/mol. The van der Waals surface area contributed by atoms with E-state index >= 15 is 0 Å². The van der Waals surface area contributed by atoms with Crippen LogP contribution in [0.25, 0.3) is 0 Å². The van der Waals surface area contributed by atoms with Crippen molar-refractivity contribution in [2.24, 2.45) is 0 Å². The first-order chi connectivity index (χ1) is 12.1. The summed E-state index contributed by atoms with van der Waals surface area (Å²) < 4.78 is 5.61. The zero-order valence-corrected chi connectivity index (χ0v) is 14.9. The summed E-state index contributed by atoms with van der Waals surface area (Å²) >= 11 is 1.48. The van der Waals surface area contributed by atoms with Gasteiger partial charge in [-0.1, -0.05) is 0 Å². The van der Waals surface area contributed by atoms with Gasteiger partial charge in [0.1, 0.15) is 17.4 Å². The van der Waals surface area contributed by atoms with Gasteiger partial charge in [0.15, 0.2) is 0 Å². The topological polar surface area (TPSA) is 75.6 Å². The molecule has 1 aliphatic heterocycles. The zero-order chi connectivity index (χ0) is 17.6. The van der Waals surface area contributed by atoms with Crippen molar-refractivity contribution in [2.45, 2.75) is 20.0 Å². The molecule has 0 aromatic carbocycles. The van der Waals surface area contributed by atoms with Gasteiger partial charge in [0.05, 0.1) is 18.3 Å². The van der Waals surface area contributed by atoms with E-state index in [-0.39, 0.29) is 18.2 Å². The number of hydrogen-bond acceptors (Lipinski definition) is 6. The number of pyridine rings is 1. The lowest BCUT2D eigenvalue weighted by Gasteiger charge is -2.34. The molecule has 0 unspecified atom stereocenters. The smallest absolute Gasteiger partial charge is 0.228 e. The third kappa shape index (κ3) is 4.76. The molecule has 0 aliphatic carbocycles. The molecule has 1 fully saturated rings. The van der Waals surface area contributed by atoms with Crippen LogP contribution in [0.15, 0.2) is 29.9 Å². The van der Waals surface area contributed by atoms with Gasteiger partial charge < -0.3 is 14.5 Å². The summed E-state index contributed by atoms with van der Waals surface area (Å²) in [6.07, 6.45) is 3.62. The first-order valence-electron chi connectivity index (χ1n) is 8.11. The quantitative estimate of drug-likeness (QED) is 0.805. The van der Waals surface area contributed by atoms with Crippen molar-refractivity contribution in [3.63, 3.8) is 0 Å². The van der Waals surface area contributed by atoms with Gasteiger partial charge in [0.25, 0.3) is 0 Å². The fraction of sp³-hybridized carbons (Fsp3) is 0.412. The molecule has 3 heterocycles. The number of nitrogens with zero attached hydrogens (tertiary/aromatic N) is 4. The highest BCUT2D eigenvalue weighted by Gasteiger charge is 2.22. The van der Waals surface area contributed by atoms with Crippen molar-refractivity contribution in [2.75, 3.05) is 26.2 Å². The Kier molecular flexibility index (Phi) is 5.60. The standard InChI is InChI=1S/C17H20N4O3S/c1-13(22)20-5-7-21(8-6-20)17(23)9-14-12-25-16(19-14)11-24-15-3-2-4-18-10-15/h2-4,10,12H,5-9,11H2,1H3. The minimum atomic E-state index is 0.0493. The molecule has 2 aromatic rings. The largest absolute Gasteiger partial charge is 0.485 e. The van der Waals surface area contributed by atoms with Crippen LogP contribution in [0.1, 0.15) is 17.6 Å². The summed E-state index contributed by atoms with van der Waals surface area (Å²) in [4.78, 5) is 35.7. The van der Waals surface area contributed by atoms with Crippen molar-refractivity contribution < 1.29 is 14.3 Å². The maximum atomic E-state index is 12.4. The van der Waals surface area contributed by atoms with E-state index in [2.05, 4.69) is 9.97 Å². The molecule has 0 spiro atoms. The van der Waals surface area contributed by atoms with Crippen molar-refractivity contribution in [1.29, 1.82) is 0 Å². The first kappa shape index (κ1) is 17.3. The fourth-order valence-corrected chi connectivity index (χ4v) is 3.32. The van der Waals surface area contributed by atoms with Crippen LogP contribution >= 0.6 is 11.3 Å². The van der Waals surface area contributed by atoms with Crippen LogP contribution in [-0.2, 0) is 22.6 Å². The summed E-state index contributed by atoms with van der Waals surface area (Å²) in [5.41, 5.74) is 0.758. The second-order valence-corrected chi connectivity index (χ2v) is 6.72. The van der Waals surface area contributed by atoms with Gasteiger partial charge in [-0.25, -0.2) is 4.98 Å². The third-order valence-electron chi connectivity index (χ3n) is 4.01. The number of hydrogen-bond donors (Lipinski definition) is 0. The second-order valence-electron chi connectivity index (χ2n) is 5.77. The van der Waals surface area contributed by atoms with E-state index in [9.17, 15) is 9.59 Å². The second kappa shape index (κ2) is 8.06. The van der Waals surface area contributed by atoms with E-state index in [0.29, 0.717) is 38.5 Å². The van der Waals surface area contributed by atoms with Crippen molar-refractivity contribution in [1.82, 2.24) is 19.8 Å². The molecule has 0 bridgehead atoms. The molecular formula is C17H20N4O3S. The molecule has 0 saturated carbocycles. The fourth-order valence-electron chi connectivity index (χ4n) is 2.61. The highest BCUT2D eigenvalue weighted by atomic mass is 32.1. The Morgan fingerprint density at radius 3 is 2.68 bits per heavy atom. The summed E-state index contributed by atoms with van der Waals surface area (Å²) in [6.45, 7) is 4.29. The van der Waals surface area contributed by atoms with Crippen LogP contribution in [0.5, 0.6) is 5.75 Å². The normalized spacial score (nSPS) is 14.4. The number of amides is 2. The van der Waals surface area contributed by atoms with Gasteiger partial charge in [-0.3, -0.25) is 14.6 Å². The molecule has 25 heavy (non-hydrogen) atoms. The summed E-state index contributed by atoms with van der Waals surface area (Å²) in [7, 11) is 0. The minimum absolute atomic E-state index is 0.0493. The van der Waals surface area contributed by atoms with Crippen molar-refractivity contribution in [3.05, 3.63) is 40.6 Å². The van der Waals surface area contributed by atoms with Gasteiger partial charge in [0, 0.05) is 44.7 Å². The Morgan fingerprint density at radius 2 is 2.00 bits per heavy atom. The predicted octanol–water partition coefficient (Wildman–Crippen LogP) is 1.35. The lowest BCUT2D eigenvalue weighted by Crippen LogP contribution is -2.50. The predicted molar refractivity (Wildman–Crippen MR) is 93.2 cm³/mol. The number of carbonyl (C=O) groups excluding carboxylic acids is 2. The maximum absolute atomic E-state index is 12.4. The minimum Gasteiger partial charge on any atom is -0.485 e. The van der Waals surface area contributed by atoms with Crippen LogP contribution in [0.3, 0.4) is 0 Å². The van der Waals surface area contributed by atoms with E-state index < -0.39 is 0 Å². The lowest BCUT2D eigenvalue weighted by molar-refractivity contribution is -0.138. The highest BCUT2D eigenvalue weighted by molar-refractivity contribution is 7.09. The zero-order valence-electron chi connectivity index (χ0n) is 14.1. The van der Waals surface area contributed by atoms with Crippen LogP contribution in [0.2, 0.25) is 0 Å². The number of piperazine rings is 1. The molecule has 132 valence electrons. The molecule has 7 nitrogen and oxygen atoms in total. The molecule has 0 N–H and O–H groups in total. The molecular weight excluding hydrogens is 340 g/mol. The van der Waals surface area contributed by atoms with Crippen LogP contribution in [-0.4, -0.2) is 57.8 Å². The average Bonchev–Trinajstić information content (AvgIpc) is 3.08. The van der Waals surface area contributed by atoms with E-state index in [1.54, 1.807) is 29.1 Å². The molecule has 1 aliphatic rings. The first-order valence-corrected chi connectivity index (χ1v) is 8.99. The number of ether oxygens (including phenoxy) is 1. The van der Waals surface area contributed by atoms with Gasteiger partial charge >= 0.3 is 0 Å². The van der Waals surface area contributed by atoms with E-state index in [1.807, 2.05) is 17.5 Å². The summed E-state index contributed by atoms with van der Waals surface area (Å²) in [6, 6.07) is 3.65. The Bertz CT molecular complexity index is 727. The van der Waals surface area contributed by atoms with E-state index in [0.717, 1.165) is 10.7 Å². The Balaban J connectivity index is 1.48. The van der Waals surface area contributed by atoms with Gasteiger partial charge in [-0.05, 0) is 12.1 Å². The average molecular weight is 360 g/mol. The van der Waals surface area contributed by atoms with Crippen LogP contribution in [0, 0.1) is 0 Å². The maximum Gasteiger partial charge on any atom is 0.228 e. The van der Waals surface area contributed by atoms with Crippen LogP contribution < -0.4 is 4.74 Å². The Labute approximate surface area is 150 Å². The highest BCUT2D eigenvalue weighted by Crippen LogP contribution is 2.15. The SMILES string of the molecule is CC(=O)N1CCN(C(=O)Cc2csc(COc3cccnc3)n2)CC1. The number of carbonyl (C=O) groups is 2. The molecule has 0 atom stereocenters. The van der Waals surface area contributed by atoms with Gasteiger partial charge in [0.2, 0.25) is 11.8 Å². The van der Waals surface area contributed by atoms with E-state index in [1.165, 1.54) is 11.3 Å². The molecule has 3 rings (SSSR count). The number of rotatable bonds is 5. The summed E-state index contributed by atoms with van der Waals surface area (Å²) in [5, 5.41) is 2.72. The molecule has 2 amide bonds. The van der Waals surface area contributed by atoms with Crippen LogP contribution in [0.4, 0.5) is 0 Å². The third-order valence-corrected chi connectivity index (χ3v) is 4.88. The molecule has 0 radical (unpaired) electrons. The van der Waals surface area contributed by atoms with Crippen molar-refractivity contribution in [3.8, 4) is 5.75 Å². The lowest BCUT2D eigenvalue weighted by atomic mass is 10.2. The Hall–Kier alpha value is -2.48. The number of thiazole rings is 1. The summed E-state index contributed by atoms with van der Waals surface area (Å²) in [5.74, 6) is 0.803. The van der Waals surface area contributed by atoms with Gasteiger partial charge in [-0.2, -0.15) is 0 Å².